The van der Waals surface area contributed by atoms with Crippen LogP contribution in [0, 0.1) is 0 Å². The van der Waals surface area contributed by atoms with Crippen LogP contribution in [-0.2, 0) is 17.9 Å². The molecular weight excluding hydrogens is 476 g/mol. The highest BCUT2D eigenvalue weighted by Gasteiger charge is 2.21. The third-order valence-electron chi connectivity index (χ3n) is 5.21. The molecule has 0 spiro atoms. The number of ether oxygens (including phenoxy) is 2. The molecule has 0 saturated heterocycles. The molecule has 0 saturated carbocycles. The van der Waals surface area contributed by atoms with Gasteiger partial charge in [-0.2, -0.15) is 0 Å². The Labute approximate surface area is 218 Å². The van der Waals surface area contributed by atoms with E-state index < -0.39 is 6.09 Å². The van der Waals surface area contributed by atoms with Crippen LogP contribution in [0.25, 0.3) is 0 Å². The minimum atomic E-state index is -0.474. The lowest BCUT2D eigenvalue weighted by molar-refractivity contribution is 0.0720. The molecule has 36 heavy (non-hydrogen) atoms. The van der Waals surface area contributed by atoms with Crippen molar-refractivity contribution in [3.05, 3.63) is 101 Å². The average molecular weight is 509 g/mol. The van der Waals surface area contributed by atoms with Gasteiger partial charge in [0.1, 0.15) is 12.4 Å². The van der Waals surface area contributed by atoms with Gasteiger partial charge in [0.05, 0.1) is 12.2 Å². The smallest absolute Gasteiger partial charge is 0.407 e. The van der Waals surface area contributed by atoms with Crippen molar-refractivity contribution in [3.8, 4) is 5.75 Å². The van der Waals surface area contributed by atoms with Gasteiger partial charge in [-0.25, -0.2) is 4.79 Å². The molecule has 0 aliphatic carbocycles. The average Bonchev–Trinajstić information content (AvgIpc) is 2.85. The highest BCUT2D eigenvalue weighted by Crippen LogP contribution is 2.23. The second-order valence-electron chi connectivity index (χ2n) is 9.49. The third-order valence-corrected chi connectivity index (χ3v) is 5.46. The molecule has 0 atom stereocenters. The summed E-state index contributed by atoms with van der Waals surface area (Å²) in [5.74, 6) is 0.362. The molecule has 0 aromatic heterocycles. The van der Waals surface area contributed by atoms with E-state index in [4.69, 9.17) is 21.1 Å². The van der Waals surface area contributed by atoms with Gasteiger partial charge in [0.15, 0.2) is 0 Å². The molecule has 0 aliphatic rings. The first-order valence-electron chi connectivity index (χ1n) is 12.0. The molecular formula is C29H33ClN2O4. The summed E-state index contributed by atoms with van der Waals surface area (Å²) >= 11 is 6.04. The fourth-order valence-corrected chi connectivity index (χ4v) is 3.63. The zero-order chi connectivity index (χ0) is 26.0. The van der Waals surface area contributed by atoms with E-state index in [1.54, 1.807) is 29.2 Å². The first kappa shape index (κ1) is 27.1. The zero-order valence-electron chi connectivity index (χ0n) is 21.0. The lowest BCUT2D eigenvalue weighted by atomic mass is 10.1. The van der Waals surface area contributed by atoms with Gasteiger partial charge in [-0.1, -0.05) is 66.2 Å². The summed E-state index contributed by atoms with van der Waals surface area (Å²) in [7, 11) is 0. The van der Waals surface area contributed by atoms with Crippen molar-refractivity contribution in [2.45, 2.75) is 45.9 Å². The van der Waals surface area contributed by atoms with Crippen molar-refractivity contribution >= 4 is 23.6 Å². The fourth-order valence-electron chi connectivity index (χ4n) is 3.50. The summed E-state index contributed by atoms with van der Waals surface area (Å²) in [6.45, 7) is 7.00. The van der Waals surface area contributed by atoms with Crippen molar-refractivity contribution in [2.24, 2.45) is 0 Å². The van der Waals surface area contributed by atoms with Gasteiger partial charge in [-0.05, 0) is 62.6 Å². The standard InChI is InChI=1S/C29H33ClN2O4/c1-29(2,3)31-28(34)35-19-9-18-32(20-22-14-16-24(30)17-15-22)27(33)25-12-7-8-13-26(25)36-21-23-10-5-4-6-11-23/h4-8,10-17H,9,18-21H2,1-3H3,(H,31,34). The van der Waals surface area contributed by atoms with Gasteiger partial charge in [0.2, 0.25) is 0 Å². The summed E-state index contributed by atoms with van der Waals surface area (Å²) in [5.41, 5.74) is 2.07. The zero-order valence-corrected chi connectivity index (χ0v) is 21.8. The van der Waals surface area contributed by atoms with Crippen molar-refractivity contribution < 1.29 is 19.1 Å². The highest BCUT2D eigenvalue weighted by atomic mass is 35.5. The first-order chi connectivity index (χ1) is 17.2. The van der Waals surface area contributed by atoms with Gasteiger partial charge >= 0.3 is 6.09 Å². The topological polar surface area (TPSA) is 67.9 Å². The molecule has 0 aliphatic heterocycles. The number of benzene rings is 3. The molecule has 2 amide bonds. The Morgan fingerprint density at radius 3 is 2.25 bits per heavy atom. The maximum atomic E-state index is 13.7. The predicted octanol–water partition coefficient (Wildman–Crippen LogP) is 6.48. The molecule has 3 rings (SSSR count). The number of carbonyl (C=O) groups is 2. The van der Waals surface area contributed by atoms with Crippen LogP contribution in [0.4, 0.5) is 4.79 Å². The molecule has 0 fully saturated rings. The fraction of sp³-hybridized carbons (Fsp3) is 0.310. The van der Waals surface area contributed by atoms with E-state index in [0.717, 1.165) is 11.1 Å². The van der Waals surface area contributed by atoms with Crippen LogP contribution < -0.4 is 10.1 Å². The van der Waals surface area contributed by atoms with Crippen LogP contribution in [0.2, 0.25) is 5.02 Å². The molecule has 3 aromatic carbocycles. The summed E-state index contributed by atoms with van der Waals surface area (Å²) in [4.78, 5) is 27.4. The Kier molecular flexibility index (Phi) is 9.77. The van der Waals surface area contributed by atoms with E-state index in [0.29, 0.717) is 42.5 Å². The van der Waals surface area contributed by atoms with Gasteiger partial charge in [-0.15, -0.1) is 0 Å². The van der Waals surface area contributed by atoms with Gasteiger partial charge in [-0.3, -0.25) is 4.79 Å². The van der Waals surface area contributed by atoms with Crippen LogP contribution >= 0.6 is 11.6 Å². The Bertz CT molecular complexity index is 1130. The third kappa shape index (κ3) is 8.93. The largest absolute Gasteiger partial charge is 0.488 e. The lowest BCUT2D eigenvalue weighted by Gasteiger charge is -2.24. The minimum absolute atomic E-state index is 0.159. The van der Waals surface area contributed by atoms with E-state index >= 15 is 0 Å². The minimum Gasteiger partial charge on any atom is -0.488 e. The number of rotatable bonds is 10. The Morgan fingerprint density at radius 2 is 1.56 bits per heavy atom. The maximum absolute atomic E-state index is 13.7. The molecule has 0 radical (unpaired) electrons. The Hall–Kier alpha value is -3.51. The SMILES string of the molecule is CC(C)(C)NC(=O)OCCCN(Cc1ccc(Cl)cc1)C(=O)c1ccccc1OCc1ccccc1. The molecule has 6 nitrogen and oxygen atoms in total. The summed E-state index contributed by atoms with van der Waals surface area (Å²) in [6, 6.07) is 24.5. The van der Waals surface area contributed by atoms with Crippen LogP contribution in [0.1, 0.15) is 48.7 Å². The van der Waals surface area contributed by atoms with Crippen molar-refractivity contribution in [3.63, 3.8) is 0 Å². The first-order valence-corrected chi connectivity index (χ1v) is 12.3. The molecule has 1 N–H and O–H groups in total. The second-order valence-corrected chi connectivity index (χ2v) is 9.92. The van der Waals surface area contributed by atoms with Gasteiger partial charge in [0, 0.05) is 23.7 Å². The highest BCUT2D eigenvalue weighted by molar-refractivity contribution is 6.30. The quantitative estimate of drug-likeness (QED) is 0.318. The summed E-state index contributed by atoms with van der Waals surface area (Å²) in [5, 5.41) is 3.40. The molecule has 7 heteroatoms. The summed E-state index contributed by atoms with van der Waals surface area (Å²) < 4.78 is 11.3. The molecule has 190 valence electrons. The van der Waals surface area contributed by atoms with Crippen LogP contribution in [-0.4, -0.2) is 35.6 Å². The monoisotopic (exact) mass is 508 g/mol. The van der Waals surface area contributed by atoms with E-state index in [1.807, 2.05) is 75.4 Å². The van der Waals surface area contributed by atoms with Gasteiger partial charge in [0.25, 0.3) is 5.91 Å². The van der Waals surface area contributed by atoms with E-state index in [2.05, 4.69) is 5.32 Å². The number of hydrogen-bond acceptors (Lipinski definition) is 4. The molecule has 0 unspecified atom stereocenters. The number of para-hydroxylation sites is 1. The number of halogens is 1. The molecule has 0 bridgehead atoms. The van der Waals surface area contributed by atoms with Crippen LogP contribution in [0.5, 0.6) is 5.75 Å². The van der Waals surface area contributed by atoms with Crippen molar-refractivity contribution in [1.29, 1.82) is 0 Å². The lowest BCUT2D eigenvalue weighted by Crippen LogP contribution is -2.41. The van der Waals surface area contributed by atoms with Crippen LogP contribution in [0.3, 0.4) is 0 Å². The second kappa shape index (κ2) is 13.0. The van der Waals surface area contributed by atoms with Crippen LogP contribution in [0.15, 0.2) is 78.9 Å². The maximum Gasteiger partial charge on any atom is 0.407 e. The number of hydrogen-bond donors (Lipinski definition) is 1. The van der Waals surface area contributed by atoms with E-state index in [1.165, 1.54) is 0 Å². The Morgan fingerprint density at radius 1 is 0.889 bits per heavy atom. The number of amides is 2. The van der Waals surface area contributed by atoms with Gasteiger partial charge < -0.3 is 19.7 Å². The van der Waals surface area contributed by atoms with Crippen molar-refractivity contribution in [1.82, 2.24) is 10.2 Å². The predicted molar refractivity (Wildman–Crippen MR) is 142 cm³/mol. The number of nitrogens with one attached hydrogen (secondary N) is 1. The van der Waals surface area contributed by atoms with E-state index in [9.17, 15) is 9.59 Å². The number of nitrogens with zero attached hydrogens (tertiary/aromatic N) is 1. The summed E-state index contributed by atoms with van der Waals surface area (Å²) in [6.07, 6.45) is 0.0157. The molecule has 0 heterocycles. The number of alkyl carbamates (subject to hydrolysis) is 1. The number of carbonyl (C=O) groups excluding carboxylic acids is 2. The normalized spacial score (nSPS) is 11.0. The molecule has 3 aromatic rings. The van der Waals surface area contributed by atoms with Crippen molar-refractivity contribution in [2.75, 3.05) is 13.2 Å². The van der Waals surface area contributed by atoms with E-state index in [-0.39, 0.29) is 18.1 Å². The Balaban J connectivity index is 1.71.